The molecule has 0 atom stereocenters. The van der Waals surface area contributed by atoms with Crippen LogP contribution in [-0.2, 0) is 0 Å². The average molecular weight is 101 g/mol. The van der Waals surface area contributed by atoms with Crippen molar-refractivity contribution in [2.24, 2.45) is 17.4 Å². The van der Waals surface area contributed by atoms with E-state index in [-0.39, 0.29) is 8.41 Å². The summed E-state index contributed by atoms with van der Waals surface area (Å²) in [5.41, 5.74) is 5.03. The van der Waals surface area contributed by atoms with Crippen LogP contribution in [0.25, 0.3) is 0 Å². The number of hydrazine groups is 2. The predicted molar refractivity (Wildman–Crippen MR) is 29.9 cm³/mol. The van der Waals surface area contributed by atoms with Crippen molar-refractivity contribution in [3.63, 3.8) is 0 Å². The first-order valence-electron chi connectivity index (χ1n) is 1.74. The molecule has 41 valence electrons. The van der Waals surface area contributed by atoms with Crippen molar-refractivity contribution in [3.05, 3.63) is 0 Å². The van der Waals surface area contributed by atoms with Crippen molar-refractivity contribution in [2.45, 2.75) is 0 Å². The molecule has 0 spiro atoms. The highest BCUT2D eigenvalue weighted by atomic mass is 15.6. The Bertz CT molecular complexity index is 30.9. The Morgan fingerprint density at radius 3 is 1.71 bits per heavy atom. The molecule has 0 fully saturated rings. The maximum absolute atomic E-state index is 5.03. The molecule has 0 aliphatic carbocycles. The molecule has 6 N–H and O–H groups in total. The van der Waals surface area contributed by atoms with Gasteiger partial charge in [0.15, 0.2) is 0 Å². The first kappa shape index (κ1) is 10.0. The highest BCUT2D eigenvalue weighted by Gasteiger charge is 1.80. The van der Waals surface area contributed by atoms with E-state index in [0.717, 1.165) is 5.12 Å². The van der Waals surface area contributed by atoms with Crippen LogP contribution in [0.5, 0.6) is 0 Å². The summed E-state index contributed by atoms with van der Waals surface area (Å²) in [5.74, 6) is 9.87. The molecule has 0 unspecified atom stereocenters. The molecular weight excluding hydrogens is 90.9 g/mol. The first-order chi connectivity index (χ1) is 2.77. The van der Waals surface area contributed by atoms with E-state index in [4.69, 9.17) is 17.4 Å². The Balaban J connectivity index is 0. The fourth-order valence-corrected chi connectivity index (χ4v) is 0.149. The highest BCUT2D eigenvalue weighted by molar-refractivity contribution is 5.75. The Morgan fingerprint density at radius 2 is 1.71 bits per heavy atom. The second-order valence-corrected chi connectivity index (χ2v) is 1.03. The molecule has 7 heavy (non-hydrogen) atoms. The molecule has 0 heterocycles. The number of nitrogens with zero attached hydrogens (tertiary/aromatic N) is 1. The van der Waals surface area contributed by atoms with Gasteiger partial charge in [0, 0.05) is 21.5 Å². The quantitative estimate of drug-likeness (QED) is 0.206. The molecular formula is C2H10BN4. The topological polar surface area (TPSA) is 81.3 Å². The molecule has 0 bridgehead atoms. The monoisotopic (exact) mass is 101 g/mol. The van der Waals surface area contributed by atoms with Gasteiger partial charge in [-0.3, -0.25) is 11.7 Å². The van der Waals surface area contributed by atoms with Crippen LogP contribution in [0.2, 0.25) is 0 Å². The molecule has 5 heteroatoms. The Hall–Kier alpha value is -0.0951. The molecule has 0 aliphatic heterocycles. The van der Waals surface area contributed by atoms with Crippen molar-refractivity contribution in [2.75, 3.05) is 13.1 Å². The van der Waals surface area contributed by atoms with Crippen LogP contribution < -0.4 is 17.4 Å². The van der Waals surface area contributed by atoms with Gasteiger partial charge in [0.1, 0.15) is 0 Å². The van der Waals surface area contributed by atoms with Gasteiger partial charge in [-0.1, -0.05) is 0 Å². The maximum Gasteiger partial charge on any atom is 0.0406 e. The number of hydrogen-bond donors (Lipinski definition) is 3. The third-order valence-electron chi connectivity index (χ3n) is 0.387. The van der Waals surface area contributed by atoms with Gasteiger partial charge in [0.05, 0.1) is 0 Å². The molecule has 3 radical (unpaired) electrons. The lowest BCUT2D eigenvalue weighted by atomic mass is 10.7. The third-order valence-corrected chi connectivity index (χ3v) is 0.387. The minimum atomic E-state index is 0. The minimum absolute atomic E-state index is 0. The fraction of sp³-hybridized carbons (Fsp3) is 1.00. The van der Waals surface area contributed by atoms with Crippen LogP contribution in [0.4, 0.5) is 0 Å². The van der Waals surface area contributed by atoms with Gasteiger partial charge in [0.2, 0.25) is 0 Å². The Kier molecular flexibility index (Phi) is 8.44. The molecule has 0 aromatic heterocycles. The Morgan fingerprint density at radius 1 is 1.29 bits per heavy atom. The van der Waals surface area contributed by atoms with Gasteiger partial charge in [-0.05, 0) is 0 Å². The van der Waals surface area contributed by atoms with Crippen LogP contribution in [0.15, 0.2) is 0 Å². The van der Waals surface area contributed by atoms with E-state index in [0.29, 0.717) is 13.1 Å². The van der Waals surface area contributed by atoms with E-state index in [9.17, 15) is 0 Å². The molecule has 0 saturated carbocycles. The molecule has 0 aliphatic rings. The van der Waals surface area contributed by atoms with Crippen molar-refractivity contribution < 1.29 is 0 Å². The van der Waals surface area contributed by atoms with Gasteiger partial charge in [-0.15, -0.1) is 0 Å². The van der Waals surface area contributed by atoms with E-state index in [2.05, 4.69) is 0 Å². The van der Waals surface area contributed by atoms with Gasteiger partial charge in [0.25, 0.3) is 0 Å². The van der Waals surface area contributed by atoms with Gasteiger partial charge in [-0.2, -0.15) is 5.12 Å². The summed E-state index contributed by atoms with van der Waals surface area (Å²) < 4.78 is 0. The van der Waals surface area contributed by atoms with Crippen LogP contribution in [-0.4, -0.2) is 26.6 Å². The van der Waals surface area contributed by atoms with Crippen molar-refractivity contribution >= 4 is 8.41 Å². The standard InChI is InChI=1S/C2H10N4.B/c3-1-2-6(4)5;/h1-5H2;. The van der Waals surface area contributed by atoms with E-state index in [1.807, 2.05) is 0 Å². The summed E-state index contributed by atoms with van der Waals surface area (Å²) in [6, 6.07) is 0. The predicted octanol–water partition coefficient (Wildman–Crippen LogP) is -2.39. The second kappa shape index (κ2) is 5.90. The lowest BCUT2D eigenvalue weighted by Gasteiger charge is -2.03. The summed E-state index contributed by atoms with van der Waals surface area (Å²) in [6.45, 7) is 1.05. The summed E-state index contributed by atoms with van der Waals surface area (Å²) in [7, 11) is 0. The highest BCUT2D eigenvalue weighted by Crippen LogP contribution is 1.52. The van der Waals surface area contributed by atoms with Gasteiger partial charge < -0.3 is 5.73 Å². The summed E-state index contributed by atoms with van der Waals surface area (Å²) in [5, 5.41) is 1.06. The average Bonchev–Trinajstić information content (AvgIpc) is 1.35. The van der Waals surface area contributed by atoms with E-state index >= 15 is 0 Å². The smallest absolute Gasteiger partial charge is 0.0406 e. The molecule has 0 saturated heterocycles. The normalized spacial score (nSPS) is 8.57. The van der Waals surface area contributed by atoms with Crippen molar-refractivity contribution in [1.82, 2.24) is 5.12 Å². The van der Waals surface area contributed by atoms with Crippen LogP contribution in [0.1, 0.15) is 0 Å². The molecule has 4 nitrogen and oxygen atoms in total. The molecule has 0 rings (SSSR count). The zero-order chi connectivity index (χ0) is 4.99. The number of rotatable bonds is 2. The molecule has 0 aromatic carbocycles. The summed E-state index contributed by atoms with van der Waals surface area (Å²) in [6.07, 6.45) is 0. The van der Waals surface area contributed by atoms with Crippen LogP contribution >= 0.6 is 0 Å². The van der Waals surface area contributed by atoms with Crippen LogP contribution in [0.3, 0.4) is 0 Å². The summed E-state index contributed by atoms with van der Waals surface area (Å²) >= 11 is 0. The van der Waals surface area contributed by atoms with E-state index in [1.165, 1.54) is 0 Å². The zero-order valence-electron chi connectivity index (χ0n) is 4.17. The van der Waals surface area contributed by atoms with Crippen LogP contribution in [0, 0.1) is 0 Å². The number of hydrogen-bond acceptors (Lipinski definition) is 4. The fourth-order valence-electron chi connectivity index (χ4n) is 0.149. The lowest BCUT2D eigenvalue weighted by Crippen LogP contribution is -2.41. The second-order valence-electron chi connectivity index (χ2n) is 1.03. The Labute approximate surface area is 45.1 Å². The van der Waals surface area contributed by atoms with E-state index < -0.39 is 0 Å². The maximum atomic E-state index is 5.03. The van der Waals surface area contributed by atoms with Gasteiger partial charge in [-0.25, -0.2) is 0 Å². The molecule has 0 aromatic rings. The summed E-state index contributed by atoms with van der Waals surface area (Å²) in [4.78, 5) is 0. The van der Waals surface area contributed by atoms with E-state index in [1.54, 1.807) is 0 Å². The number of nitrogens with two attached hydrogens (primary N) is 3. The largest absolute Gasteiger partial charge is 0.329 e. The minimum Gasteiger partial charge on any atom is -0.329 e. The lowest BCUT2D eigenvalue weighted by molar-refractivity contribution is 0.303. The zero-order valence-corrected chi connectivity index (χ0v) is 4.17. The molecule has 0 amide bonds. The van der Waals surface area contributed by atoms with Gasteiger partial charge >= 0.3 is 0 Å². The first-order valence-corrected chi connectivity index (χ1v) is 1.74. The SMILES string of the molecule is NCCN(N)N.[B]. The third kappa shape index (κ3) is 10.7. The van der Waals surface area contributed by atoms with Crippen molar-refractivity contribution in [1.29, 1.82) is 0 Å². The van der Waals surface area contributed by atoms with Crippen molar-refractivity contribution in [3.8, 4) is 0 Å².